The van der Waals surface area contributed by atoms with E-state index in [0.717, 1.165) is 23.5 Å². The van der Waals surface area contributed by atoms with Crippen LogP contribution in [0.4, 0.5) is 5.82 Å². The van der Waals surface area contributed by atoms with Gasteiger partial charge in [-0.15, -0.1) is 0 Å². The Bertz CT molecular complexity index is 1730. The smallest absolute Gasteiger partial charge is 0.387 e. The van der Waals surface area contributed by atoms with Gasteiger partial charge in [0.2, 0.25) is 0 Å². The Balaban J connectivity index is 1.31. The highest BCUT2D eigenvalue weighted by molar-refractivity contribution is 7.46. The first-order valence-corrected chi connectivity index (χ1v) is 13.7. The number of nitrogens with one attached hydrogen (secondary N) is 1. The number of phosphoric ester groups is 1. The van der Waals surface area contributed by atoms with Crippen molar-refractivity contribution in [2.45, 2.75) is 61.3 Å². The number of phosphoric acid groups is 1. The second kappa shape index (κ2) is 10.4. The number of fused-ring (bicyclic) bond motifs is 2. The summed E-state index contributed by atoms with van der Waals surface area (Å²) in [5, 5.41) is 54.4. The van der Waals surface area contributed by atoms with E-state index in [-0.39, 0.29) is 28.1 Å². The second-order valence-corrected chi connectivity index (χ2v) is 10.8. The number of nitrogen functional groups attached to an aromatic ring is 1. The average Bonchev–Trinajstić information content (AvgIpc) is 3.69. The first-order chi connectivity index (χ1) is 19.9. The second-order valence-electron chi connectivity index (χ2n) is 9.63. The maximum Gasteiger partial charge on any atom is 0.470 e. The quantitative estimate of drug-likeness (QED) is 0.0888. The number of hydrogen-bond donors (Lipinski definition) is 9. The first kappa shape index (κ1) is 28.6. The third kappa shape index (κ3) is 4.66. The number of nitrogens with two attached hydrogens (primary N) is 1. The molecule has 10 N–H and O–H groups in total. The molecule has 4 aromatic heterocycles. The van der Waals surface area contributed by atoms with Crippen molar-refractivity contribution in [1.82, 2.24) is 39.0 Å². The molecule has 6 heterocycles. The number of aromatic amines is 1. The fourth-order valence-corrected chi connectivity index (χ4v) is 5.71. The van der Waals surface area contributed by atoms with Gasteiger partial charge < -0.3 is 55.5 Å². The molecule has 42 heavy (non-hydrogen) atoms. The summed E-state index contributed by atoms with van der Waals surface area (Å²) in [5.41, 5.74) is 5.27. The molecule has 2 aliphatic rings. The first-order valence-electron chi connectivity index (χ1n) is 12.2. The van der Waals surface area contributed by atoms with Crippen molar-refractivity contribution in [3.63, 3.8) is 0 Å². The van der Waals surface area contributed by atoms with E-state index >= 15 is 0 Å². The lowest BCUT2D eigenvalue weighted by Crippen LogP contribution is -2.53. The highest BCUT2D eigenvalue weighted by atomic mass is 31.2. The number of aliphatic hydroxyl groups excluding tert-OH is 5. The minimum Gasteiger partial charge on any atom is -0.387 e. The molecule has 0 aliphatic carbocycles. The van der Waals surface area contributed by atoms with Crippen molar-refractivity contribution < 1.29 is 53.9 Å². The van der Waals surface area contributed by atoms with Gasteiger partial charge in [-0.1, -0.05) is 0 Å². The molecule has 2 fully saturated rings. The third-order valence-corrected chi connectivity index (χ3v) is 7.63. The lowest BCUT2D eigenvalue weighted by Gasteiger charge is -2.33. The molecular weight excluding hydrogens is 589 g/mol. The largest absolute Gasteiger partial charge is 0.470 e. The van der Waals surface area contributed by atoms with Crippen LogP contribution in [0.5, 0.6) is 0 Å². The molecule has 22 heteroatoms. The average molecular weight is 613 g/mol. The van der Waals surface area contributed by atoms with Crippen LogP contribution in [0, 0.1) is 0 Å². The summed E-state index contributed by atoms with van der Waals surface area (Å²) in [6.07, 6.45) is -13.8. The Hall–Kier alpha value is -3.47. The van der Waals surface area contributed by atoms with Crippen molar-refractivity contribution in [2.24, 2.45) is 0 Å². The number of hydrogen-bond acceptors (Lipinski definition) is 16. The van der Waals surface area contributed by atoms with Crippen molar-refractivity contribution in [1.29, 1.82) is 0 Å². The van der Waals surface area contributed by atoms with Gasteiger partial charge in [0.1, 0.15) is 60.7 Å². The summed E-state index contributed by atoms with van der Waals surface area (Å²) in [5.74, 6) is 0.00688. The number of aromatic nitrogens is 8. The molecule has 0 amide bonds. The maximum atomic E-state index is 12.0. The Morgan fingerprint density at radius 2 is 1.45 bits per heavy atom. The van der Waals surface area contributed by atoms with E-state index in [9.17, 15) is 44.7 Å². The van der Waals surface area contributed by atoms with Crippen LogP contribution in [0.2, 0.25) is 0 Å². The van der Waals surface area contributed by atoms with E-state index in [1.54, 1.807) is 0 Å². The van der Waals surface area contributed by atoms with Gasteiger partial charge in [0.25, 0.3) is 5.56 Å². The van der Waals surface area contributed by atoms with Crippen molar-refractivity contribution in [3.8, 4) is 0 Å². The standard InChI is InChI=1S/C20H24N9O12P/c21-15-5-16(23-1-22-15)28(3-26-5)20-10(33)8(31)13(40-20)14(41-42(36,37)38)11(34)12-7(30)9(32)19(39-12)29-4-27-6-17(29)24-2-25-18(6)35/h1-4,7-14,19-20,30-34H,(H2,21,22,23)(H,24,25,35)(H2,36,37,38)/t7-,8-,9+,10+,11?,12-,13-,14?,19+,20+/m0/s1. The van der Waals surface area contributed by atoms with Gasteiger partial charge in [-0.3, -0.25) is 18.5 Å². The monoisotopic (exact) mass is 613 g/mol. The number of H-pyrrole nitrogens is 1. The summed E-state index contributed by atoms with van der Waals surface area (Å²) < 4.78 is 30.4. The number of anilines is 1. The van der Waals surface area contributed by atoms with E-state index < -0.39 is 74.7 Å². The van der Waals surface area contributed by atoms with Gasteiger partial charge in [0, 0.05) is 0 Å². The Morgan fingerprint density at radius 3 is 2.10 bits per heavy atom. The predicted molar refractivity (Wildman–Crippen MR) is 133 cm³/mol. The molecule has 2 unspecified atom stereocenters. The molecular formula is C20H24N9O12P. The molecule has 0 aromatic carbocycles. The molecule has 0 spiro atoms. The Kier molecular flexibility index (Phi) is 7.06. The fourth-order valence-electron chi connectivity index (χ4n) is 5.15. The number of rotatable bonds is 7. The van der Waals surface area contributed by atoms with E-state index in [0.29, 0.717) is 0 Å². The van der Waals surface area contributed by atoms with Crippen LogP contribution in [0.1, 0.15) is 12.5 Å². The summed E-state index contributed by atoms with van der Waals surface area (Å²) in [6.45, 7) is 0. The zero-order valence-corrected chi connectivity index (χ0v) is 21.8. The van der Waals surface area contributed by atoms with E-state index in [1.807, 2.05) is 0 Å². The van der Waals surface area contributed by atoms with Crippen LogP contribution in [-0.4, -0.2) is 123 Å². The van der Waals surface area contributed by atoms with E-state index in [2.05, 4.69) is 29.9 Å². The zero-order chi connectivity index (χ0) is 30.1. The number of ether oxygens (including phenoxy) is 2. The Morgan fingerprint density at radius 1 is 0.881 bits per heavy atom. The maximum absolute atomic E-state index is 12.0. The molecule has 2 saturated heterocycles. The number of imidazole rings is 2. The van der Waals surface area contributed by atoms with Gasteiger partial charge in [-0.05, 0) is 0 Å². The summed E-state index contributed by atoms with van der Waals surface area (Å²) in [4.78, 5) is 53.3. The summed E-state index contributed by atoms with van der Waals surface area (Å²) in [7, 11) is -5.43. The van der Waals surface area contributed by atoms with Crippen LogP contribution in [0.3, 0.4) is 0 Å². The van der Waals surface area contributed by atoms with Gasteiger partial charge >= 0.3 is 7.82 Å². The SMILES string of the molecule is Nc1ncnc2c1ncn2[C@@H]1O[C@H](C(OP(=O)(O)O)C(O)[C@H]2O[C@@H](n3cnc4c(=O)[nH]cnc43)[C@H](O)[C@@H]2O)[C@@H](O)[C@H]1O. The molecule has 10 atom stereocenters. The normalized spacial score (nSPS) is 31.7. The lowest BCUT2D eigenvalue weighted by molar-refractivity contribution is -0.162. The molecule has 6 rings (SSSR count). The van der Waals surface area contributed by atoms with Gasteiger partial charge in [0.15, 0.2) is 35.1 Å². The topological polar surface area (TPSA) is 320 Å². The zero-order valence-electron chi connectivity index (χ0n) is 20.9. The van der Waals surface area contributed by atoms with Gasteiger partial charge in [-0.2, -0.15) is 0 Å². The van der Waals surface area contributed by atoms with Crippen molar-refractivity contribution in [3.05, 3.63) is 35.7 Å². The van der Waals surface area contributed by atoms with Crippen LogP contribution in [0.15, 0.2) is 30.1 Å². The van der Waals surface area contributed by atoms with E-state index in [4.69, 9.17) is 19.7 Å². The van der Waals surface area contributed by atoms with Gasteiger partial charge in [0.05, 0.1) is 19.0 Å². The van der Waals surface area contributed by atoms with Crippen LogP contribution in [0.25, 0.3) is 22.3 Å². The minimum atomic E-state index is -5.43. The fraction of sp³-hybridized carbons (Fsp3) is 0.500. The highest BCUT2D eigenvalue weighted by Gasteiger charge is 2.56. The minimum absolute atomic E-state index is 0.00688. The molecule has 4 aromatic rings. The molecule has 0 saturated carbocycles. The number of nitrogens with zero attached hydrogens (tertiary/aromatic N) is 7. The third-order valence-electron chi connectivity index (χ3n) is 7.11. The van der Waals surface area contributed by atoms with Gasteiger partial charge in [-0.25, -0.2) is 29.5 Å². The highest BCUT2D eigenvalue weighted by Crippen LogP contribution is 2.45. The molecule has 0 bridgehead atoms. The van der Waals surface area contributed by atoms with Crippen molar-refractivity contribution >= 4 is 36.0 Å². The van der Waals surface area contributed by atoms with Crippen LogP contribution >= 0.6 is 7.82 Å². The summed E-state index contributed by atoms with van der Waals surface area (Å²) >= 11 is 0. The molecule has 0 radical (unpaired) electrons. The lowest BCUT2D eigenvalue weighted by atomic mass is 9.95. The van der Waals surface area contributed by atoms with Crippen molar-refractivity contribution in [2.75, 3.05) is 5.73 Å². The van der Waals surface area contributed by atoms with Crippen LogP contribution < -0.4 is 11.3 Å². The molecule has 226 valence electrons. The Labute approximate surface area is 232 Å². The summed E-state index contributed by atoms with van der Waals surface area (Å²) in [6, 6.07) is 0. The predicted octanol–water partition coefficient (Wildman–Crippen LogP) is -4.38. The number of aliphatic hydroxyl groups is 5. The van der Waals surface area contributed by atoms with E-state index in [1.165, 1.54) is 10.9 Å². The molecule has 2 aliphatic heterocycles. The van der Waals surface area contributed by atoms with Crippen LogP contribution in [-0.2, 0) is 18.6 Å². The molecule has 21 nitrogen and oxygen atoms in total.